The van der Waals surface area contributed by atoms with Crippen molar-refractivity contribution in [1.29, 1.82) is 0 Å². The average molecular weight is 345 g/mol. The van der Waals surface area contributed by atoms with Crippen molar-refractivity contribution in [1.82, 2.24) is 0 Å². The normalized spacial score (nSPS) is 3.56. The molecule has 9 heavy (non-hydrogen) atoms. The van der Waals surface area contributed by atoms with Crippen molar-refractivity contribution in [3.63, 3.8) is 0 Å². The molecule has 0 aliphatic carbocycles. The maximum atomic E-state index is 3.19. The second-order valence-corrected chi connectivity index (χ2v) is 4.49. The molecule has 0 spiro atoms. The maximum absolute atomic E-state index is 3.19. The predicted octanol–water partition coefficient (Wildman–Crippen LogP) is -0.0901. The Bertz CT molecular complexity index is 25.3. The Labute approximate surface area is 88.9 Å². The predicted molar refractivity (Wildman–Crippen MR) is 51.1 cm³/mol. The molecule has 4 N–H and O–H groups in total. The molecule has 0 amide bonds. The van der Waals surface area contributed by atoms with E-state index in [-0.39, 0.29) is 32.0 Å². The van der Waals surface area contributed by atoms with E-state index in [1.807, 2.05) is 21.5 Å². The van der Waals surface area contributed by atoms with E-state index in [2.05, 4.69) is 31.5 Å². The first kappa shape index (κ1) is 31.0. The first-order valence-corrected chi connectivity index (χ1v) is 3.85. The summed E-state index contributed by atoms with van der Waals surface area (Å²) < 4.78 is 0.458. The van der Waals surface area contributed by atoms with Gasteiger partial charge in [0.2, 0.25) is 0 Å². The molecule has 0 heterocycles. The summed E-state index contributed by atoms with van der Waals surface area (Å²) in [7, 11) is 2.00. The molecular formula is C2H12B2Br2MoO2. The summed E-state index contributed by atoms with van der Waals surface area (Å²) in [6.07, 6.45) is 0. The van der Waals surface area contributed by atoms with Gasteiger partial charge >= 0.3 is 0 Å². The molecule has 0 rings (SSSR count). The van der Waals surface area contributed by atoms with Crippen LogP contribution in [0.25, 0.3) is 0 Å². The Balaban J connectivity index is -0.00000000990. The first-order valence-electron chi connectivity index (χ1n) is 2.01. The molecule has 0 saturated heterocycles. The van der Waals surface area contributed by atoms with Crippen LogP contribution in [0.4, 0.5) is 0 Å². The van der Waals surface area contributed by atoms with E-state index >= 15 is 0 Å². The van der Waals surface area contributed by atoms with Gasteiger partial charge in [0.1, 0.15) is 0 Å². The van der Waals surface area contributed by atoms with E-state index in [9.17, 15) is 0 Å². The van der Waals surface area contributed by atoms with Crippen molar-refractivity contribution in [2.24, 2.45) is 0 Å². The zero-order valence-electron chi connectivity index (χ0n) is 5.74. The van der Waals surface area contributed by atoms with Gasteiger partial charge in [0, 0.05) is 21.1 Å². The van der Waals surface area contributed by atoms with Gasteiger partial charge in [-0.25, -0.2) is 0 Å². The summed E-state index contributed by atoms with van der Waals surface area (Å²) in [5.41, 5.74) is 0. The van der Waals surface area contributed by atoms with Crippen molar-refractivity contribution in [2.45, 2.75) is 13.6 Å². The van der Waals surface area contributed by atoms with Crippen LogP contribution in [0.1, 0.15) is 0 Å². The van der Waals surface area contributed by atoms with Crippen LogP contribution < -0.4 is 0 Å². The van der Waals surface area contributed by atoms with Gasteiger partial charge in [-0.05, 0) is 0 Å². The molecule has 0 aliphatic rings. The van der Waals surface area contributed by atoms with E-state index in [4.69, 9.17) is 0 Å². The molecule has 58 valence electrons. The molecule has 0 saturated carbocycles. The number of rotatable bonds is 0. The first-order chi connectivity index (χ1) is 2.73. The van der Waals surface area contributed by atoms with Gasteiger partial charge in [-0.3, -0.25) is 0 Å². The summed E-state index contributed by atoms with van der Waals surface area (Å²) in [6.45, 7) is 4.00. The van der Waals surface area contributed by atoms with Gasteiger partial charge in [-0.2, -0.15) is 0 Å². The van der Waals surface area contributed by atoms with Gasteiger partial charge in [-0.1, -0.05) is 13.6 Å². The fourth-order valence-electron chi connectivity index (χ4n) is 0. The van der Waals surface area contributed by atoms with Crippen LogP contribution in [-0.2, 0) is 21.1 Å². The van der Waals surface area contributed by atoms with Crippen molar-refractivity contribution in [3.8, 4) is 0 Å². The minimum Gasteiger partial charge on any atom is -0.412 e. The van der Waals surface area contributed by atoms with E-state index < -0.39 is 0 Å². The van der Waals surface area contributed by atoms with Gasteiger partial charge in [0.05, 0.1) is 7.85 Å². The van der Waals surface area contributed by atoms with E-state index in [1.54, 1.807) is 0 Å². The van der Waals surface area contributed by atoms with Gasteiger partial charge in [-0.15, -0.1) is 31.5 Å². The van der Waals surface area contributed by atoms with Crippen molar-refractivity contribution in [2.75, 3.05) is 0 Å². The molecule has 0 aromatic rings. The molecule has 0 fully saturated rings. The molecule has 0 aromatic heterocycles. The third-order valence-electron chi connectivity index (χ3n) is 0. The third kappa shape index (κ3) is 199. The molecule has 0 aliphatic heterocycles. The summed E-state index contributed by atoms with van der Waals surface area (Å²) in [6, 6.07) is 0. The SMILES string of the molecule is BC.CB(Br)Br.O.O.[Mo]. The molecule has 0 atom stereocenters. The number of hydrogen-bond acceptors (Lipinski definition) is 0. The Kier molecular flexibility index (Phi) is 114. The average Bonchev–Trinajstić information content (AvgIpc) is 1.41. The van der Waals surface area contributed by atoms with Gasteiger partial charge < -0.3 is 11.0 Å². The van der Waals surface area contributed by atoms with Crippen LogP contribution in [0.3, 0.4) is 0 Å². The zero-order valence-corrected chi connectivity index (χ0v) is 10.9. The molecule has 0 bridgehead atoms. The van der Waals surface area contributed by atoms with Crippen LogP contribution in [0.15, 0.2) is 0 Å². The van der Waals surface area contributed by atoms with Crippen LogP contribution in [0.5, 0.6) is 0 Å². The monoisotopic (exact) mass is 346 g/mol. The Morgan fingerprint density at radius 2 is 1.11 bits per heavy atom. The molecule has 0 aromatic carbocycles. The Morgan fingerprint density at radius 3 is 1.11 bits per heavy atom. The van der Waals surface area contributed by atoms with Crippen molar-refractivity contribution < 1.29 is 32.0 Å². The third-order valence-corrected chi connectivity index (χ3v) is 0. The summed E-state index contributed by atoms with van der Waals surface area (Å²) in [4.78, 5) is 0. The number of halogens is 2. The topological polar surface area (TPSA) is 63.0 Å². The summed E-state index contributed by atoms with van der Waals surface area (Å²) >= 11 is 6.38. The minimum absolute atomic E-state index is 0. The van der Waals surface area contributed by atoms with Crippen molar-refractivity contribution >= 4 is 43.7 Å². The Morgan fingerprint density at radius 1 is 1.11 bits per heavy atom. The molecular weight excluding hydrogens is 333 g/mol. The van der Waals surface area contributed by atoms with Gasteiger partial charge in [0.25, 0.3) is 4.36 Å². The zero-order chi connectivity index (χ0) is 5.58. The van der Waals surface area contributed by atoms with E-state index in [1.165, 1.54) is 0 Å². The largest absolute Gasteiger partial charge is 0.412 e. The fraction of sp³-hybridized carbons (Fsp3) is 1.00. The fourth-order valence-corrected chi connectivity index (χ4v) is 0. The van der Waals surface area contributed by atoms with Crippen LogP contribution in [-0.4, -0.2) is 23.2 Å². The number of hydrogen-bond donors (Lipinski definition) is 0. The second-order valence-electron chi connectivity index (χ2n) is 0.519. The van der Waals surface area contributed by atoms with Crippen molar-refractivity contribution in [3.05, 3.63) is 0 Å². The quantitative estimate of drug-likeness (QED) is 0.551. The van der Waals surface area contributed by atoms with Crippen LogP contribution >= 0.6 is 31.5 Å². The molecule has 0 radical (unpaired) electrons. The van der Waals surface area contributed by atoms with Gasteiger partial charge in [0.15, 0.2) is 0 Å². The van der Waals surface area contributed by atoms with E-state index in [0.717, 1.165) is 0 Å². The summed E-state index contributed by atoms with van der Waals surface area (Å²) in [5, 5.41) is 0. The molecule has 0 unspecified atom stereocenters. The second kappa shape index (κ2) is 33.2. The smallest absolute Gasteiger partial charge is 0.295 e. The molecule has 7 heteroatoms. The van der Waals surface area contributed by atoms with Crippen LogP contribution in [0.2, 0.25) is 13.6 Å². The molecule has 2 nitrogen and oxygen atoms in total. The summed E-state index contributed by atoms with van der Waals surface area (Å²) in [5.74, 6) is 0. The Hall–Kier alpha value is 1.70. The standard InChI is InChI=1S/CH3BBr2.CH5B.Mo.2H2O/c1-2(3)4;1-2;;;/h1H3;2H2,1H3;;2*1H2. The maximum Gasteiger partial charge on any atom is 0.295 e. The van der Waals surface area contributed by atoms with Crippen LogP contribution in [0, 0.1) is 0 Å². The van der Waals surface area contributed by atoms with E-state index in [0.29, 0.717) is 4.36 Å². The minimum atomic E-state index is 0.